The normalized spacial score (nSPS) is 20.6. The largest absolute Gasteiger partial charge is 0.368 e. The van der Waals surface area contributed by atoms with Gasteiger partial charge in [0.25, 0.3) is 5.56 Å². The first-order valence-corrected chi connectivity index (χ1v) is 9.96. The minimum Gasteiger partial charge on any atom is -0.368 e. The first-order valence-electron chi connectivity index (χ1n) is 9.96. The van der Waals surface area contributed by atoms with Crippen molar-refractivity contribution in [2.45, 2.75) is 38.3 Å². The maximum Gasteiger partial charge on any atom is 0.274 e. The Hall–Kier alpha value is -2.61. The predicted molar refractivity (Wildman–Crippen MR) is 104 cm³/mol. The minimum absolute atomic E-state index is 0.0193. The number of piperidine rings is 1. The number of rotatable bonds is 5. The molecule has 0 saturated carbocycles. The Balaban J connectivity index is 1.26. The molecule has 2 amide bonds. The average molecular weight is 386 g/mol. The van der Waals surface area contributed by atoms with Gasteiger partial charge in [-0.15, -0.1) is 0 Å². The van der Waals surface area contributed by atoms with Gasteiger partial charge in [0.2, 0.25) is 11.8 Å². The van der Waals surface area contributed by atoms with Crippen LogP contribution in [0.2, 0.25) is 0 Å². The van der Waals surface area contributed by atoms with E-state index in [9.17, 15) is 14.4 Å². The number of amides is 2. The highest BCUT2D eigenvalue weighted by molar-refractivity contribution is 5.81. The van der Waals surface area contributed by atoms with Crippen LogP contribution in [0.15, 0.2) is 29.1 Å². The van der Waals surface area contributed by atoms with Gasteiger partial charge >= 0.3 is 0 Å². The summed E-state index contributed by atoms with van der Waals surface area (Å²) < 4.78 is 6.77. The number of aromatic nitrogens is 2. The van der Waals surface area contributed by atoms with Gasteiger partial charge < -0.3 is 15.0 Å². The number of carbonyl (C=O) groups is 2. The molecule has 28 heavy (non-hydrogen) atoms. The molecule has 2 N–H and O–H groups in total. The number of carbonyl (C=O) groups excluding carboxylic acids is 2. The summed E-state index contributed by atoms with van der Waals surface area (Å²) in [6, 6.07) is 7.25. The summed E-state index contributed by atoms with van der Waals surface area (Å²) in [5.41, 5.74) is 0.566. The molecule has 8 heteroatoms. The number of nitrogens with one attached hydrogen (secondary N) is 2. The van der Waals surface area contributed by atoms with Crippen molar-refractivity contribution in [2.75, 3.05) is 26.2 Å². The zero-order valence-electron chi connectivity index (χ0n) is 15.9. The van der Waals surface area contributed by atoms with E-state index in [1.165, 1.54) is 4.68 Å². The summed E-state index contributed by atoms with van der Waals surface area (Å²) in [6.07, 6.45) is 3.14. The fourth-order valence-electron chi connectivity index (χ4n) is 3.98. The molecule has 2 aliphatic rings. The Morgan fingerprint density at radius 3 is 2.68 bits per heavy atom. The van der Waals surface area contributed by atoms with Crippen molar-refractivity contribution >= 4 is 22.7 Å². The van der Waals surface area contributed by atoms with E-state index in [0.717, 1.165) is 31.2 Å². The Kier molecular flexibility index (Phi) is 5.47. The highest BCUT2D eigenvalue weighted by atomic mass is 16.5. The van der Waals surface area contributed by atoms with Crippen molar-refractivity contribution in [1.82, 2.24) is 20.0 Å². The Bertz CT molecular complexity index is 904. The molecule has 0 unspecified atom stereocenters. The molecular formula is C20H26N4O4. The molecule has 150 valence electrons. The summed E-state index contributed by atoms with van der Waals surface area (Å²) in [4.78, 5) is 38.8. The molecule has 0 spiro atoms. The van der Waals surface area contributed by atoms with Gasteiger partial charge in [0.05, 0.1) is 10.9 Å². The molecule has 1 atom stereocenters. The Morgan fingerprint density at radius 2 is 1.96 bits per heavy atom. The van der Waals surface area contributed by atoms with E-state index >= 15 is 0 Å². The van der Waals surface area contributed by atoms with Gasteiger partial charge in [-0.1, -0.05) is 12.1 Å². The van der Waals surface area contributed by atoms with Crippen LogP contribution in [0.4, 0.5) is 0 Å². The van der Waals surface area contributed by atoms with E-state index in [-0.39, 0.29) is 30.0 Å². The molecule has 2 fully saturated rings. The molecule has 2 aromatic rings. The van der Waals surface area contributed by atoms with E-state index in [0.29, 0.717) is 37.5 Å². The fraction of sp³-hybridized carbons (Fsp3) is 0.550. The van der Waals surface area contributed by atoms with Gasteiger partial charge in [-0.05, 0) is 43.7 Å². The lowest BCUT2D eigenvalue weighted by atomic mass is 9.96. The molecule has 0 aliphatic carbocycles. The van der Waals surface area contributed by atoms with Crippen LogP contribution in [0.5, 0.6) is 0 Å². The van der Waals surface area contributed by atoms with Gasteiger partial charge in [0, 0.05) is 26.2 Å². The molecule has 2 saturated heterocycles. The summed E-state index contributed by atoms with van der Waals surface area (Å²) in [6.45, 7) is 2.61. The van der Waals surface area contributed by atoms with Crippen LogP contribution in [0, 0.1) is 5.92 Å². The molecule has 8 nitrogen and oxygen atoms in total. The van der Waals surface area contributed by atoms with Crippen molar-refractivity contribution in [3.8, 4) is 0 Å². The SMILES string of the molecule is O=C(NCC1CCN(C(=O)Cn2[nH]c3ccccc3c2=O)CC1)[C@H]1CCCO1. The van der Waals surface area contributed by atoms with Crippen LogP contribution in [0.1, 0.15) is 25.7 Å². The van der Waals surface area contributed by atoms with Crippen LogP contribution < -0.4 is 10.9 Å². The zero-order chi connectivity index (χ0) is 19.5. The highest BCUT2D eigenvalue weighted by Gasteiger charge is 2.26. The number of fused-ring (bicyclic) bond motifs is 1. The van der Waals surface area contributed by atoms with E-state index in [1.54, 1.807) is 11.0 Å². The van der Waals surface area contributed by atoms with Crippen molar-refractivity contribution in [1.29, 1.82) is 0 Å². The van der Waals surface area contributed by atoms with Crippen molar-refractivity contribution in [3.05, 3.63) is 34.6 Å². The van der Waals surface area contributed by atoms with Gasteiger partial charge in [-0.3, -0.25) is 19.5 Å². The molecule has 1 aromatic carbocycles. The van der Waals surface area contributed by atoms with Crippen molar-refractivity contribution in [2.24, 2.45) is 5.92 Å². The van der Waals surface area contributed by atoms with Crippen LogP contribution in [-0.4, -0.2) is 58.8 Å². The summed E-state index contributed by atoms with van der Waals surface area (Å²) >= 11 is 0. The number of para-hydroxylation sites is 1. The number of nitrogens with zero attached hydrogens (tertiary/aromatic N) is 2. The minimum atomic E-state index is -0.295. The first kappa shape index (κ1) is 18.7. The zero-order valence-corrected chi connectivity index (χ0v) is 15.9. The number of aromatic amines is 1. The third kappa shape index (κ3) is 3.96. The first-order chi connectivity index (χ1) is 13.6. The molecule has 0 radical (unpaired) electrons. The van der Waals surface area contributed by atoms with E-state index in [1.807, 2.05) is 18.2 Å². The smallest absolute Gasteiger partial charge is 0.274 e. The van der Waals surface area contributed by atoms with E-state index in [2.05, 4.69) is 10.4 Å². The molecule has 2 aliphatic heterocycles. The molecule has 4 rings (SSSR count). The number of benzene rings is 1. The Labute approximate surface area is 162 Å². The third-order valence-electron chi connectivity index (χ3n) is 5.71. The summed E-state index contributed by atoms with van der Waals surface area (Å²) in [7, 11) is 0. The lowest BCUT2D eigenvalue weighted by Gasteiger charge is -2.32. The lowest BCUT2D eigenvalue weighted by molar-refractivity contribution is -0.134. The van der Waals surface area contributed by atoms with Crippen molar-refractivity contribution < 1.29 is 14.3 Å². The lowest BCUT2D eigenvalue weighted by Crippen LogP contribution is -2.44. The van der Waals surface area contributed by atoms with Crippen LogP contribution in [-0.2, 0) is 20.9 Å². The molecular weight excluding hydrogens is 360 g/mol. The number of likely N-dealkylation sites (tertiary alicyclic amines) is 1. The second kappa shape index (κ2) is 8.18. The Morgan fingerprint density at radius 1 is 1.18 bits per heavy atom. The molecule has 1 aromatic heterocycles. The third-order valence-corrected chi connectivity index (χ3v) is 5.71. The predicted octanol–water partition coefficient (Wildman–Crippen LogP) is 0.863. The van der Waals surface area contributed by atoms with E-state index < -0.39 is 0 Å². The second-order valence-electron chi connectivity index (χ2n) is 7.62. The number of ether oxygens (including phenoxy) is 1. The fourth-order valence-corrected chi connectivity index (χ4v) is 3.98. The van der Waals surface area contributed by atoms with Crippen LogP contribution in [0.3, 0.4) is 0 Å². The second-order valence-corrected chi connectivity index (χ2v) is 7.62. The molecule has 0 bridgehead atoms. The highest BCUT2D eigenvalue weighted by Crippen LogP contribution is 2.18. The number of hydrogen-bond donors (Lipinski definition) is 2. The summed E-state index contributed by atoms with van der Waals surface area (Å²) in [5, 5.41) is 6.58. The standard InChI is InChI=1S/C20H26N4O4/c25-18(13-24-20(27)15-4-1-2-5-16(15)22-24)23-9-7-14(8-10-23)12-21-19(26)17-6-3-11-28-17/h1-2,4-5,14,17,22H,3,6-13H2,(H,21,26)/t17-/m1/s1. The quantitative estimate of drug-likeness (QED) is 0.797. The van der Waals surface area contributed by atoms with Gasteiger partial charge in [-0.2, -0.15) is 0 Å². The van der Waals surface area contributed by atoms with Crippen molar-refractivity contribution in [3.63, 3.8) is 0 Å². The average Bonchev–Trinajstić information content (AvgIpc) is 3.36. The van der Waals surface area contributed by atoms with Crippen LogP contribution in [0.25, 0.3) is 10.9 Å². The number of H-pyrrole nitrogens is 1. The monoisotopic (exact) mass is 386 g/mol. The molecule has 3 heterocycles. The van der Waals surface area contributed by atoms with Gasteiger partial charge in [0.15, 0.2) is 0 Å². The summed E-state index contributed by atoms with van der Waals surface area (Å²) in [5.74, 6) is 0.287. The maximum atomic E-state index is 12.6. The van der Waals surface area contributed by atoms with Gasteiger partial charge in [-0.25, -0.2) is 4.68 Å². The van der Waals surface area contributed by atoms with Crippen LogP contribution >= 0.6 is 0 Å². The van der Waals surface area contributed by atoms with Gasteiger partial charge in [0.1, 0.15) is 12.6 Å². The topological polar surface area (TPSA) is 96.4 Å². The number of hydrogen-bond acceptors (Lipinski definition) is 4. The maximum absolute atomic E-state index is 12.6. The van der Waals surface area contributed by atoms with E-state index in [4.69, 9.17) is 4.74 Å².